The standard InChI is InChI=1S/C12H14ClNO/c13-10-3-2-9-7-15-12(11(9)6-10)4-1-5-14-8-12/h2-3,6,14H,1,4-5,7-8H2. The molecule has 2 aliphatic heterocycles. The van der Waals surface area contributed by atoms with Gasteiger partial charge in [0, 0.05) is 11.6 Å². The molecule has 15 heavy (non-hydrogen) atoms. The van der Waals surface area contributed by atoms with E-state index in [9.17, 15) is 0 Å². The fourth-order valence-electron chi connectivity index (χ4n) is 2.62. The summed E-state index contributed by atoms with van der Waals surface area (Å²) in [5.41, 5.74) is 2.49. The number of piperidine rings is 1. The number of fused-ring (bicyclic) bond motifs is 2. The van der Waals surface area contributed by atoms with Gasteiger partial charge in [-0.1, -0.05) is 17.7 Å². The molecule has 0 saturated carbocycles. The van der Waals surface area contributed by atoms with E-state index in [1.807, 2.05) is 6.07 Å². The van der Waals surface area contributed by atoms with Gasteiger partial charge in [0.1, 0.15) is 5.60 Å². The Morgan fingerprint density at radius 2 is 2.33 bits per heavy atom. The Labute approximate surface area is 94.6 Å². The summed E-state index contributed by atoms with van der Waals surface area (Å²) in [4.78, 5) is 0. The first-order valence-electron chi connectivity index (χ1n) is 5.44. The minimum Gasteiger partial charge on any atom is -0.364 e. The number of nitrogens with one attached hydrogen (secondary N) is 1. The van der Waals surface area contributed by atoms with E-state index in [4.69, 9.17) is 16.3 Å². The summed E-state index contributed by atoms with van der Waals surface area (Å²) in [5.74, 6) is 0. The molecule has 2 heterocycles. The molecular weight excluding hydrogens is 210 g/mol. The minimum atomic E-state index is -0.0987. The van der Waals surface area contributed by atoms with Crippen LogP contribution in [0.25, 0.3) is 0 Å². The van der Waals surface area contributed by atoms with Crippen LogP contribution in [0.4, 0.5) is 0 Å². The number of hydrogen-bond donors (Lipinski definition) is 1. The fourth-order valence-corrected chi connectivity index (χ4v) is 2.80. The predicted molar refractivity (Wildman–Crippen MR) is 60.0 cm³/mol. The lowest BCUT2D eigenvalue weighted by molar-refractivity contribution is -0.0536. The van der Waals surface area contributed by atoms with Gasteiger partial charge in [-0.15, -0.1) is 0 Å². The molecule has 1 aromatic carbocycles. The average molecular weight is 224 g/mol. The van der Waals surface area contributed by atoms with Gasteiger partial charge >= 0.3 is 0 Å². The highest BCUT2D eigenvalue weighted by Crippen LogP contribution is 2.41. The first kappa shape index (κ1) is 9.64. The summed E-state index contributed by atoms with van der Waals surface area (Å²) in [5, 5.41) is 4.22. The maximum Gasteiger partial charge on any atom is 0.106 e. The normalized spacial score (nSPS) is 29.4. The highest BCUT2D eigenvalue weighted by atomic mass is 35.5. The molecule has 3 heteroatoms. The topological polar surface area (TPSA) is 21.3 Å². The fraction of sp³-hybridized carbons (Fsp3) is 0.500. The van der Waals surface area contributed by atoms with Crippen LogP contribution in [0.1, 0.15) is 24.0 Å². The largest absolute Gasteiger partial charge is 0.364 e. The minimum absolute atomic E-state index is 0.0987. The van der Waals surface area contributed by atoms with E-state index in [2.05, 4.69) is 17.4 Å². The van der Waals surface area contributed by atoms with Crippen molar-refractivity contribution in [3.05, 3.63) is 34.3 Å². The summed E-state index contributed by atoms with van der Waals surface area (Å²) in [6, 6.07) is 6.09. The van der Waals surface area contributed by atoms with Crippen LogP contribution in [-0.4, -0.2) is 13.1 Å². The third-order valence-corrected chi connectivity index (χ3v) is 3.65. The van der Waals surface area contributed by atoms with Gasteiger partial charge in [-0.05, 0) is 42.6 Å². The van der Waals surface area contributed by atoms with Gasteiger partial charge in [-0.3, -0.25) is 0 Å². The molecule has 1 aromatic rings. The second kappa shape index (κ2) is 3.48. The summed E-state index contributed by atoms with van der Waals surface area (Å²) in [6.07, 6.45) is 2.28. The molecule has 0 radical (unpaired) electrons. The Morgan fingerprint density at radius 1 is 1.40 bits per heavy atom. The zero-order valence-corrected chi connectivity index (χ0v) is 9.31. The number of rotatable bonds is 0. The Balaban J connectivity index is 2.05. The van der Waals surface area contributed by atoms with Gasteiger partial charge in [0.05, 0.1) is 6.61 Å². The molecule has 3 rings (SSSR count). The van der Waals surface area contributed by atoms with Crippen LogP contribution in [0.3, 0.4) is 0 Å². The first-order chi connectivity index (χ1) is 7.30. The molecule has 1 unspecified atom stereocenters. The van der Waals surface area contributed by atoms with Crippen molar-refractivity contribution in [2.75, 3.05) is 13.1 Å². The third-order valence-electron chi connectivity index (χ3n) is 3.41. The highest BCUT2D eigenvalue weighted by Gasteiger charge is 2.40. The van der Waals surface area contributed by atoms with Crippen molar-refractivity contribution in [2.45, 2.75) is 25.0 Å². The summed E-state index contributed by atoms with van der Waals surface area (Å²) in [6.45, 7) is 2.75. The smallest absolute Gasteiger partial charge is 0.106 e. The Hall–Kier alpha value is -0.570. The molecule has 1 atom stereocenters. The van der Waals surface area contributed by atoms with Gasteiger partial charge in [0.15, 0.2) is 0 Å². The van der Waals surface area contributed by atoms with E-state index in [-0.39, 0.29) is 5.60 Å². The van der Waals surface area contributed by atoms with Crippen LogP contribution in [0.5, 0.6) is 0 Å². The maximum absolute atomic E-state index is 6.05. The van der Waals surface area contributed by atoms with Crippen molar-refractivity contribution in [1.29, 1.82) is 0 Å². The number of ether oxygens (including phenoxy) is 1. The number of hydrogen-bond acceptors (Lipinski definition) is 2. The second-order valence-corrected chi connectivity index (χ2v) is 4.80. The quantitative estimate of drug-likeness (QED) is 0.730. The molecule has 0 aliphatic carbocycles. The molecule has 2 aliphatic rings. The van der Waals surface area contributed by atoms with Gasteiger partial charge in [-0.25, -0.2) is 0 Å². The van der Waals surface area contributed by atoms with Crippen molar-refractivity contribution < 1.29 is 4.74 Å². The molecule has 0 bridgehead atoms. The van der Waals surface area contributed by atoms with Crippen molar-refractivity contribution in [2.24, 2.45) is 0 Å². The molecule has 1 saturated heterocycles. The third kappa shape index (κ3) is 1.48. The van der Waals surface area contributed by atoms with Crippen LogP contribution in [0.15, 0.2) is 18.2 Å². The molecule has 0 aromatic heterocycles. The molecule has 1 spiro atoms. The number of benzene rings is 1. The lowest BCUT2D eigenvalue weighted by Gasteiger charge is -2.34. The molecule has 1 fully saturated rings. The van der Waals surface area contributed by atoms with Crippen LogP contribution in [-0.2, 0) is 16.9 Å². The van der Waals surface area contributed by atoms with E-state index in [0.29, 0.717) is 0 Å². The average Bonchev–Trinajstić information content (AvgIpc) is 2.59. The van der Waals surface area contributed by atoms with Gasteiger partial charge in [-0.2, -0.15) is 0 Å². The van der Waals surface area contributed by atoms with Gasteiger partial charge < -0.3 is 10.1 Å². The molecule has 1 N–H and O–H groups in total. The van der Waals surface area contributed by atoms with E-state index in [0.717, 1.165) is 31.1 Å². The first-order valence-corrected chi connectivity index (χ1v) is 5.82. The summed E-state index contributed by atoms with van der Waals surface area (Å²) < 4.78 is 5.99. The molecule has 2 nitrogen and oxygen atoms in total. The lowest BCUT2D eigenvalue weighted by atomic mass is 9.86. The van der Waals surface area contributed by atoms with E-state index in [1.54, 1.807) is 0 Å². The van der Waals surface area contributed by atoms with Crippen LogP contribution in [0.2, 0.25) is 5.02 Å². The molecule has 0 amide bonds. The van der Waals surface area contributed by atoms with Crippen LogP contribution < -0.4 is 5.32 Å². The predicted octanol–water partition coefficient (Wildman–Crippen LogP) is 2.45. The highest BCUT2D eigenvalue weighted by molar-refractivity contribution is 6.30. The summed E-state index contributed by atoms with van der Waals surface area (Å²) >= 11 is 6.05. The monoisotopic (exact) mass is 223 g/mol. The van der Waals surface area contributed by atoms with Crippen molar-refractivity contribution in [3.8, 4) is 0 Å². The zero-order valence-electron chi connectivity index (χ0n) is 8.55. The Kier molecular flexibility index (Phi) is 2.23. The van der Waals surface area contributed by atoms with Crippen LogP contribution in [0, 0.1) is 0 Å². The Morgan fingerprint density at radius 3 is 3.13 bits per heavy atom. The van der Waals surface area contributed by atoms with Crippen molar-refractivity contribution in [3.63, 3.8) is 0 Å². The molecule has 80 valence electrons. The molecular formula is C12H14ClNO. The van der Waals surface area contributed by atoms with Crippen molar-refractivity contribution in [1.82, 2.24) is 5.32 Å². The maximum atomic E-state index is 6.05. The van der Waals surface area contributed by atoms with Gasteiger partial charge in [0.2, 0.25) is 0 Å². The number of halogens is 1. The van der Waals surface area contributed by atoms with E-state index in [1.165, 1.54) is 17.5 Å². The van der Waals surface area contributed by atoms with E-state index < -0.39 is 0 Å². The summed E-state index contributed by atoms with van der Waals surface area (Å²) in [7, 11) is 0. The zero-order chi connectivity index (χ0) is 10.3. The Bertz CT molecular complexity index is 380. The van der Waals surface area contributed by atoms with Crippen LogP contribution >= 0.6 is 11.6 Å². The SMILES string of the molecule is Clc1ccc2c(c1)C1(CCCNC1)OC2. The second-order valence-electron chi connectivity index (χ2n) is 4.36. The van der Waals surface area contributed by atoms with E-state index >= 15 is 0 Å². The van der Waals surface area contributed by atoms with Crippen molar-refractivity contribution >= 4 is 11.6 Å². The van der Waals surface area contributed by atoms with Gasteiger partial charge in [0.25, 0.3) is 0 Å². The lowest BCUT2D eigenvalue weighted by Crippen LogP contribution is -2.43.